The molecular weight excluding hydrogens is 288 g/mol. The molecule has 0 aromatic rings. The van der Waals surface area contributed by atoms with Crippen molar-refractivity contribution in [2.45, 2.75) is 51.7 Å². The van der Waals surface area contributed by atoms with Crippen LogP contribution in [0.5, 0.6) is 0 Å². The van der Waals surface area contributed by atoms with Gasteiger partial charge in [-0.1, -0.05) is 0 Å². The van der Waals surface area contributed by atoms with Gasteiger partial charge < -0.3 is 20.5 Å². The molecule has 1 unspecified atom stereocenters. The first-order valence-electron chi connectivity index (χ1n) is 7.18. The number of nitrogens with two attached hydrogens (primary N) is 1. The molecule has 7 nitrogen and oxygen atoms in total. The fraction of sp³-hybridized carbons (Fsp3) is 0.667. The maximum Gasteiger partial charge on any atom is 0.330 e. The number of carbonyl (C=O) groups excluding carboxylic acids is 3. The van der Waals surface area contributed by atoms with Crippen molar-refractivity contribution >= 4 is 17.8 Å². The molecule has 0 rings (SSSR count). The van der Waals surface area contributed by atoms with Gasteiger partial charge in [0, 0.05) is 18.7 Å². The molecule has 22 heavy (non-hydrogen) atoms. The summed E-state index contributed by atoms with van der Waals surface area (Å²) in [7, 11) is 1.23. The summed E-state index contributed by atoms with van der Waals surface area (Å²) in [6.07, 6.45) is 4.00. The largest absolute Gasteiger partial charge is 0.466 e. The highest BCUT2D eigenvalue weighted by molar-refractivity contribution is 5.94. The number of hydrogen-bond donors (Lipinski definition) is 2. The summed E-state index contributed by atoms with van der Waals surface area (Å²) < 4.78 is 9.54. The molecule has 1 atom stereocenters. The molecule has 0 aliphatic rings. The summed E-state index contributed by atoms with van der Waals surface area (Å²) in [6, 6.07) is -0.658. The Morgan fingerprint density at radius 3 is 2.36 bits per heavy atom. The van der Waals surface area contributed by atoms with Gasteiger partial charge >= 0.3 is 11.9 Å². The minimum atomic E-state index is -0.658. The predicted molar refractivity (Wildman–Crippen MR) is 81.8 cm³/mol. The molecule has 3 N–H and O–H groups in total. The average molecular weight is 314 g/mol. The van der Waals surface area contributed by atoms with E-state index in [1.54, 1.807) is 20.8 Å². The second kappa shape index (κ2) is 9.94. The number of hydrogen-bond acceptors (Lipinski definition) is 6. The molecule has 0 spiro atoms. The second-order valence-electron chi connectivity index (χ2n) is 5.78. The zero-order chi connectivity index (χ0) is 17.2. The zero-order valence-electron chi connectivity index (χ0n) is 13.7. The first-order chi connectivity index (χ1) is 10.2. The Hall–Kier alpha value is -1.89. The Labute approximate surface area is 131 Å². The molecule has 0 radical (unpaired) electrons. The molecule has 0 aliphatic heterocycles. The van der Waals surface area contributed by atoms with Crippen molar-refractivity contribution < 1.29 is 23.9 Å². The number of carbonyl (C=O) groups is 3. The number of nitrogens with one attached hydrogen (secondary N) is 1. The quantitative estimate of drug-likeness (QED) is 0.387. The topological polar surface area (TPSA) is 108 Å². The first kappa shape index (κ1) is 20.1. The molecule has 0 saturated heterocycles. The third kappa shape index (κ3) is 10.8. The number of amides is 1. The van der Waals surface area contributed by atoms with E-state index in [1.165, 1.54) is 7.11 Å². The van der Waals surface area contributed by atoms with Crippen LogP contribution >= 0.6 is 0 Å². The van der Waals surface area contributed by atoms with Gasteiger partial charge in [0.15, 0.2) is 0 Å². The third-order valence-electron chi connectivity index (χ3n) is 2.52. The van der Waals surface area contributed by atoms with Crippen molar-refractivity contribution in [1.29, 1.82) is 0 Å². The highest BCUT2D eigenvalue weighted by atomic mass is 16.6. The Kier molecular flexibility index (Phi) is 9.09. The fourth-order valence-electron chi connectivity index (χ4n) is 1.47. The van der Waals surface area contributed by atoms with Crippen molar-refractivity contribution in [2.75, 3.05) is 13.7 Å². The summed E-state index contributed by atoms with van der Waals surface area (Å²) in [5.74, 6) is -1.38. The molecule has 0 aromatic heterocycles. The molecule has 0 aliphatic carbocycles. The lowest BCUT2D eigenvalue weighted by Crippen LogP contribution is -2.37. The van der Waals surface area contributed by atoms with Gasteiger partial charge in [-0.15, -0.1) is 0 Å². The van der Waals surface area contributed by atoms with Crippen molar-refractivity contribution in [1.82, 2.24) is 5.32 Å². The predicted octanol–water partition coefficient (Wildman–Crippen LogP) is 0.671. The molecule has 0 saturated carbocycles. The van der Waals surface area contributed by atoms with Crippen molar-refractivity contribution in [3.8, 4) is 0 Å². The van der Waals surface area contributed by atoms with Crippen LogP contribution in [0.1, 0.15) is 40.0 Å². The van der Waals surface area contributed by atoms with Crippen LogP contribution in [-0.4, -0.2) is 43.1 Å². The first-order valence-corrected chi connectivity index (χ1v) is 7.18. The SMILES string of the molecule is COC(=O)C=CC(=O)NCCCCC(N)C(=O)OC(C)(C)C. The van der Waals surface area contributed by atoms with Crippen LogP contribution in [0.15, 0.2) is 12.2 Å². The lowest BCUT2D eigenvalue weighted by molar-refractivity contribution is -0.156. The van der Waals surface area contributed by atoms with Crippen LogP contribution < -0.4 is 11.1 Å². The maximum absolute atomic E-state index is 11.6. The Balaban J connectivity index is 3.81. The van der Waals surface area contributed by atoms with E-state index < -0.39 is 23.6 Å². The summed E-state index contributed by atoms with van der Waals surface area (Å²) in [5.41, 5.74) is 5.19. The van der Waals surface area contributed by atoms with E-state index in [2.05, 4.69) is 10.1 Å². The molecule has 1 amide bonds. The number of methoxy groups -OCH3 is 1. The van der Waals surface area contributed by atoms with E-state index in [9.17, 15) is 14.4 Å². The summed E-state index contributed by atoms with van der Waals surface area (Å²) >= 11 is 0. The van der Waals surface area contributed by atoms with Gasteiger partial charge in [0.25, 0.3) is 0 Å². The van der Waals surface area contributed by atoms with Gasteiger partial charge in [0.2, 0.25) is 5.91 Å². The van der Waals surface area contributed by atoms with Crippen molar-refractivity contribution in [3.63, 3.8) is 0 Å². The fourth-order valence-corrected chi connectivity index (χ4v) is 1.47. The van der Waals surface area contributed by atoms with Gasteiger partial charge in [-0.05, 0) is 40.0 Å². The Bertz CT molecular complexity index is 413. The lowest BCUT2D eigenvalue weighted by atomic mass is 10.1. The molecule has 126 valence electrons. The van der Waals surface area contributed by atoms with Gasteiger partial charge in [-0.3, -0.25) is 9.59 Å². The van der Waals surface area contributed by atoms with E-state index in [0.29, 0.717) is 25.8 Å². The van der Waals surface area contributed by atoms with Crippen LogP contribution in [-0.2, 0) is 23.9 Å². The molecule has 0 bridgehead atoms. The van der Waals surface area contributed by atoms with Crippen LogP contribution in [0.2, 0.25) is 0 Å². The van der Waals surface area contributed by atoms with E-state index in [-0.39, 0.29) is 5.91 Å². The van der Waals surface area contributed by atoms with E-state index >= 15 is 0 Å². The van der Waals surface area contributed by atoms with Crippen LogP contribution in [0.3, 0.4) is 0 Å². The zero-order valence-corrected chi connectivity index (χ0v) is 13.7. The van der Waals surface area contributed by atoms with Gasteiger partial charge in [-0.25, -0.2) is 4.79 Å². The minimum Gasteiger partial charge on any atom is -0.466 e. The molecule has 7 heteroatoms. The van der Waals surface area contributed by atoms with E-state index in [1.807, 2.05) is 0 Å². The van der Waals surface area contributed by atoms with Crippen molar-refractivity contribution in [3.05, 3.63) is 12.2 Å². The van der Waals surface area contributed by atoms with Crippen LogP contribution in [0.25, 0.3) is 0 Å². The highest BCUT2D eigenvalue weighted by Crippen LogP contribution is 2.10. The van der Waals surface area contributed by atoms with E-state index in [4.69, 9.17) is 10.5 Å². The Morgan fingerprint density at radius 1 is 1.18 bits per heavy atom. The number of esters is 2. The van der Waals surface area contributed by atoms with E-state index in [0.717, 1.165) is 12.2 Å². The highest BCUT2D eigenvalue weighted by Gasteiger charge is 2.21. The van der Waals surface area contributed by atoms with Gasteiger partial charge in [-0.2, -0.15) is 0 Å². The average Bonchev–Trinajstić information content (AvgIpc) is 2.42. The Morgan fingerprint density at radius 2 is 1.82 bits per heavy atom. The smallest absolute Gasteiger partial charge is 0.330 e. The van der Waals surface area contributed by atoms with Crippen molar-refractivity contribution in [2.24, 2.45) is 5.73 Å². The molecule has 0 heterocycles. The van der Waals surface area contributed by atoms with Gasteiger partial charge in [0.1, 0.15) is 11.6 Å². The molecule has 0 fully saturated rings. The summed E-state index contributed by atoms with van der Waals surface area (Å²) in [5, 5.41) is 2.61. The standard InChI is InChI=1S/C15H26N2O5/c1-15(2,3)22-14(20)11(16)7-5-6-10-17-12(18)8-9-13(19)21-4/h8-9,11H,5-7,10,16H2,1-4H3,(H,17,18). The third-order valence-corrected chi connectivity index (χ3v) is 2.52. The van der Waals surface area contributed by atoms with Crippen LogP contribution in [0, 0.1) is 0 Å². The maximum atomic E-state index is 11.6. The number of ether oxygens (including phenoxy) is 2. The molecule has 0 aromatic carbocycles. The summed E-state index contributed by atoms with van der Waals surface area (Å²) in [4.78, 5) is 33.7. The lowest BCUT2D eigenvalue weighted by Gasteiger charge is -2.22. The number of rotatable bonds is 8. The number of unbranched alkanes of at least 4 members (excludes halogenated alkanes) is 1. The molecular formula is C15H26N2O5. The monoisotopic (exact) mass is 314 g/mol. The minimum absolute atomic E-state index is 0.373. The second-order valence-corrected chi connectivity index (χ2v) is 5.78. The summed E-state index contributed by atoms with van der Waals surface area (Å²) in [6.45, 7) is 5.80. The van der Waals surface area contributed by atoms with Crippen LogP contribution in [0.4, 0.5) is 0 Å². The normalized spacial score (nSPS) is 12.8. The van der Waals surface area contributed by atoms with Gasteiger partial charge in [0.05, 0.1) is 7.11 Å².